The van der Waals surface area contributed by atoms with E-state index in [1.54, 1.807) is 12.1 Å². The standard InChI is InChI=1S/C19H29FN6/c1-3-5-6-18(25-13-11-24(4-2)12-14-25)19-21-22-23-26(19)15-16-7-9-17(20)10-8-16/h7-10,18H,3-6,11-15H2,1-2H3. The molecule has 0 radical (unpaired) electrons. The first-order chi connectivity index (χ1) is 12.7. The lowest BCUT2D eigenvalue weighted by atomic mass is 10.1. The fourth-order valence-electron chi connectivity index (χ4n) is 3.59. The highest BCUT2D eigenvalue weighted by molar-refractivity contribution is 5.16. The summed E-state index contributed by atoms with van der Waals surface area (Å²) >= 11 is 0. The van der Waals surface area contributed by atoms with E-state index in [1.165, 1.54) is 12.1 Å². The van der Waals surface area contributed by atoms with Crippen LogP contribution in [0, 0.1) is 5.82 Å². The Kier molecular flexibility index (Phi) is 6.68. The average Bonchev–Trinajstić information content (AvgIpc) is 3.12. The minimum atomic E-state index is -0.222. The molecule has 1 fully saturated rings. The highest BCUT2D eigenvalue weighted by Gasteiger charge is 2.28. The minimum absolute atomic E-state index is 0.222. The van der Waals surface area contributed by atoms with Crippen LogP contribution in [0.2, 0.25) is 0 Å². The number of halogens is 1. The number of benzene rings is 1. The van der Waals surface area contributed by atoms with E-state index in [-0.39, 0.29) is 11.9 Å². The minimum Gasteiger partial charge on any atom is -0.301 e. The Morgan fingerprint density at radius 1 is 1.08 bits per heavy atom. The van der Waals surface area contributed by atoms with Crippen LogP contribution < -0.4 is 0 Å². The van der Waals surface area contributed by atoms with Gasteiger partial charge in [-0.3, -0.25) is 4.90 Å². The molecule has 0 spiro atoms. The molecule has 1 atom stereocenters. The maximum Gasteiger partial charge on any atom is 0.168 e. The molecule has 3 rings (SSSR count). The van der Waals surface area contributed by atoms with Crippen LogP contribution in [0.4, 0.5) is 4.39 Å². The third-order valence-electron chi connectivity index (χ3n) is 5.23. The number of hydrogen-bond acceptors (Lipinski definition) is 5. The molecule has 1 aliphatic heterocycles. The van der Waals surface area contributed by atoms with Crippen molar-refractivity contribution in [1.29, 1.82) is 0 Å². The average molecular weight is 360 g/mol. The van der Waals surface area contributed by atoms with E-state index in [4.69, 9.17) is 0 Å². The molecular formula is C19H29FN6. The maximum absolute atomic E-state index is 13.2. The summed E-state index contributed by atoms with van der Waals surface area (Å²) in [4.78, 5) is 5.00. The van der Waals surface area contributed by atoms with Crippen LogP contribution in [0.3, 0.4) is 0 Å². The topological polar surface area (TPSA) is 50.1 Å². The van der Waals surface area contributed by atoms with E-state index < -0.39 is 0 Å². The van der Waals surface area contributed by atoms with E-state index in [0.29, 0.717) is 6.54 Å². The van der Waals surface area contributed by atoms with Gasteiger partial charge in [-0.15, -0.1) is 5.10 Å². The summed E-state index contributed by atoms with van der Waals surface area (Å²) in [6.45, 7) is 10.4. The zero-order valence-corrected chi connectivity index (χ0v) is 15.8. The molecular weight excluding hydrogens is 331 g/mol. The maximum atomic E-state index is 13.2. The summed E-state index contributed by atoms with van der Waals surface area (Å²) in [7, 11) is 0. The second kappa shape index (κ2) is 9.19. The van der Waals surface area contributed by atoms with Crippen molar-refractivity contribution >= 4 is 0 Å². The van der Waals surface area contributed by atoms with Crippen molar-refractivity contribution in [3.05, 3.63) is 41.5 Å². The zero-order chi connectivity index (χ0) is 18.4. The highest BCUT2D eigenvalue weighted by Crippen LogP contribution is 2.26. The SMILES string of the molecule is CCCCC(c1nnnn1Cc1ccc(F)cc1)N1CCN(CC)CC1. The summed E-state index contributed by atoms with van der Waals surface area (Å²) in [5.74, 6) is 0.702. The van der Waals surface area contributed by atoms with Crippen molar-refractivity contribution in [2.75, 3.05) is 32.7 Å². The number of unbranched alkanes of at least 4 members (excludes halogenated alkanes) is 1. The van der Waals surface area contributed by atoms with Gasteiger partial charge in [0, 0.05) is 26.2 Å². The summed E-state index contributed by atoms with van der Waals surface area (Å²) in [5, 5.41) is 12.5. The Hall–Kier alpha value is -1.86. The van der Waals surface area contributed by atoms with Crippen molar-refractivity contribution in [3.8, 4) is 0 Å². The lowest BCUT2D eigenvalue weighted by Crippen LogP contribution is -2.47. The first-order valence-corrected chi connectivity index (χ1v) is 9.68. The van der Waals surface area contributed by atoms with Crippen molar-refractivity contribution in [1.82, 2.24) is 30.0 Å². The Balaban J connectivity index is 1.76. The Bertz CT molecular complexity index is 663. The first kappa shape index (κ1) is 18.9. The Labute approximate surface area is 155 Å². The second-order valence-electron chi connectivity index (χ2n) is 6.95. The predicted octanol–water partition coefficient (Wildman–Crippen LogP) is 2.73. The first-order valence-electron chi connectivity index (χ1n) is 9.68. The van der Waals surface area contributed by atoms with Crippen LogP contribution >= 0.6 is 0 Å². The van der Waals surface area contributed by atoms with Gasteiger partial charge in [-0.25, -0.2) is 9.07 Å². The fourth-order valence-corrected chi connectivity index (χ4v) is 3.59. The molecule has 2 heterocycles. The Morgan fingerprint density at radius 2 is 1.81 bits per heavy atom. The number of aromatic nitrogens is 4. The Morgan fingerprint density at radius 3 is 2.46 bits per heavy atom. The van der Waals surface area contributed by atoms with E-state index in [1.807, 2.05) is 4.68 Å². The van der Waals surface area contributed by atoms with Gasteiger partial charge in [0.25, 0.3) is 0 Å². The molecule has 0 bridgehead atoms. The van der Waals surface area contributed by atoms with Gasteiger partial charge in [0.2, 0.25) is 0 Å². The fraction of sp³-hybridized carbons (Fsp3) is 0.632. The van der Waals surface area contributed by atoms with Crippen LogP contribution in [-0.4, -0.2) is 62.7 Å². The van der Waals surface area contributed by atoms with Gasteiger partial charge in [-0.1, -0.05) is 38.8 Å². The largest absolute Gasteiger partial charge is 0.301 e. The molecule has 0 saturated carbocycles. The summed E-state index contributed by atoms with van der Waals surface area (Å²) in [6.07, 6.45) is 3.37. The molecule has 1 aromatic carbocycles. The number of piperazine rings is 1. The van der Waals surface area contributed by atoms with Gasteiger partial charge in [0.15, 0.2) is 5.82 Å². The zero-order valence-electron chi connectivity index (χ0n) is 15.8. The third-order valence-corrected chi connectivity index (χ3v) is 5.23. The normalized spacial score (nSPS) is 17.5. The van der Waals surface area contributed by atoms with Gasteiger partial charge in [0.1, 0.15) is 5.82 Å². The molecule has 2 aromatic rings. The van der Waals surface area contributed by atoms with Gasteiger partial charge in [-0.05, 0) is 41.1 Å². The van der Waals surface area contributed by atoms with Crippen LogP contribution in [0.15, 0.2) is 24.3 Å². The van der Waals surface area contributed by atoms with E-state index in [9.17, 15) is 4.39 Å². The van der Waals surface area contributed by atoms with Gasteiger partial charge in [0.05, 0.1) is 12.6 Å². The molecule has 1 aliphatic rings. The van der Waals surface area contributed by atoms with Gasteiger partial charge < -0.3 is 4.90 Å². The third kappa shape index (κ3) is 4.65. The summed E-state index contributed by atoms with van der Waals surface area (Å²) in [5.41, 5.74) is 1.00. The van der Waals surface area contributed by atoms with Crippen LogP contribution in [0.5, 0.6) is 0 Å². The molecule has 26 heavy (non-hydrogen) atoms. The van der Waals surface area contributed by atoms with E-state index in [0.717, 1.165) is 63.4 Å². The summed E-state index contributed by atoms with van der Waals surface area (Å²) < 4.78 is 15.0. The predicted molar refractivity (Wildman–Crippen MR) is 99.3 cm³/mol. The molecule has 1 saturated heterocycles. The lowest BCUT2D eigenvalue weighted by molar-refractivity contribution is 0.0882. The molecule has 1 aromatic heterocycles. The smallest absolute Gasteiger partial charge is 0.168 e. The molecule has 7 heteroatoms. The molecule has 6 nitrogen and oxygen atoms in total. The highest BCUT2D eigenvalue weighted by atomic mass is 19.1. The molecule has 1 unspecified atom stereocenters. The van der Waals surface area contributed by atoms with Crippen LogP contribution in [0.25, 0.3) is 0 Å². The van der Waals surface area contributed by atoms with E-state index >= 15 is 0 Å². The van der Waals surface area contributed by atoms with Crippen molar-refractivity contribution in [2.24, 2.45) is 0 Å². The van der Waals surface area contributed by atoms with Gasteiger partial charge in [-0.2, -0.15) is 0 Å². The number of rotatable bonds is 8. The second-order valence-corrected chi connectivity index (χ2v) is 6.95. The van der Waals surface area contributed by atoms with E-state index in [2.05, 4.69) is 39.2 Å². The molecule has 0 N–H and O–H groups in total. The van der Waals surface area contributed by atoms with Crippen LogP contribution in [-0.2, 0) is 6.54 Å². The number of nitrogens with zero attached hydrogens (tertiary/aromatic N) is 6. The van der Waals surface area contributed by atoms with Crippen molar-refractivity contribution in [2.45, 2.75) is 45.7 Å². The quantitative estimate of drug-likeness (QED) is 0.724. The van der Waals surface area contributed by atoms with Crippen LogP contribution in [0.1, 0.15) is 50.5 Å². The number of hydrogen-bond donors (Lipinski definition) is 0. The summed E-state index contributed by atoms with van der Waals surface area (Å²) in [6, 6.07) is 6.80. The molecule has 0 amide bonds. The van der Waals surface area contributed by atoms with Crippen molar-refractivity contribution < 1.29 is 4.39 Å². The number of tetrazole rings is 1. The molecule has 142 valence electrons. The molecule has 0 aliphatic carbocycles. The number of likely N-dealkylation sites (N-methyl/N-ethyl adjacent to an activating group) is 1. The lowest BCUT2D eigenvalue weighted by Gasteiger charge is -2.38. The monoisotopic (exact) mass is 360 g/mol. The van der Waals surface area contributed by atoms with Crippen molar-refractivity contribution in [3.63, 3.8) is 0 Å². The van der Waals surface area contributed by atoms with Gasteiger partial charge >= 0.3 is 0 Å².